The number of ether oxygens (including phenoxy) is 2. The Kier molecular flexibility index (Phi) is 7.07. The van der Waals surface area contributed by atoms with Gasteiger partial charge in [-0.1, -0.05) is 72.3 Å². The standard InChI is InChI=1S/C25H25ClN2O3/c26-20-14-23-24(31-17-30-23)15-22(20)28-25(29)16-27-21(19-11-5-2-6-12-19)13-7-10-18-8-3-1-4-9-18/h1-6,8-9,11-12,14-15,21,27H,7,10,13,16-17H2,(H,28,29). The first-order chi connectivity index (χ1) is 15.2. The Labute approximate surface area is 187 Å². The van der Waals surface area contributed by atoms with Gasteiger partial charge in [0.1, 0.15) is 0 Å². The van der Waals surface area contributed by atoms with Crippen molar-refractivity contribution in [3.05, 3.63) is 88.9 Å². The molecule has 3 aromatic rings. The largest absolute Gasteiger partial charge is 0.454 e. The van der Waals surface area contributed by atoms with Gasteiger partial charge in [-0.05, 0) is 30.4 Å². The molecule has 0 spiro atoms. The van der Waals surface area contributed by atoms with Crippen LogP contribution in [0.4, 0.5) is 5.69 Å². The lowest BCUT2D eigenvalue weighted by Crippen LogP contribution is -2.31. The molecule has 160 valence electrons. The van der Waals surface area contributed by atoms with E-state index in [0.29, 0.717) is 22.2 Å². The fraction of sp³-hybridized carbons (Fsp3) is 0.240. The van der Waals surface area contributed by atoms with E-state index in [0.717, 1.165) is 19.3 Å². The number of rotatable bonds is 9. The van der Waals surface area contributed by atoms with Crippen molar-refractivity contribution in [1.29, 1.82) is 0 Å². The van der Waals surface area contributed by atoms with Crippen LogP contribution in [0.25, 0.3) is 0 Å². The van der Waals surface area contributed by atoms with Crippen LogP contribution in [-0.2, 0) is 11.2 Å². The van der Waals surface area contributed by atoms with Crippen LogP contribution in [0.5, 0.6) is 11.5 Å². The van der Waals surface area contributed by atoms with E-state index >= 15 is 0 Å². The Morgan fingerprint density at radius 1 is 0.968 bits per heavy atom. The summed E-state index contributed by atoms with van der Waals surface area (Å²) in [5.41, 5.74) is 3.01. The maximum absolute atomic E-state index is 12.6. The highest BCUT2D eigenvalue weighted by atomic mass is 35.5. The highest BCUT2D eigenvalue weighted by Gasteiger charge is 2.18. The van der Waals surface area contributed by atoms with Crippen molar-refractivity contribution in [3.8, 4) is 11.5 Å². The first kappa shape index (κ1) is 21.2. The SMILES string of the molecule is O=C(CNC(CCCc1ccccc1)c1ccccc1)Nc1cc2c(cc1Cl)OCO2. The van der Waals surface area contributed by atoms with Gasteiger partial charge in [-0.25, -0.2) is 0 Å². The second kappa shape index (κ2) is 10.3. The van der Waals surface area contributed by atoms with E-state index in [4.69, 9.17) is 21.1 Å². The van der Waals surface area contributed by atoms with Gasteiger partial charge < -0.3 is 20.1 Å². The Balaban J connectivity index is 1.35. The number of benzene rings is 3. The monoisotopic (exact) mass is 436 g/mol. The van der Waals surface area contributed by atoms with Crippen molar-refractivity contribution in [2.75, 3.05) is 18.7 Å². The van der Waals surface area contributed by atoms with Gasteiger partial charge in [-0.3, -0.25) is 4.79 Å². The molecular formula is C25H25ClN2O3. The van der Waals surface area contributed by atoms with Crippen molar-refractivity contribution in [3.63, 3.8) is 0 Å². The molecule has 4 rings (SSSR count). The lowest BCUT2D eigenvalue weighted by Gasteiger charge is -2.19. The Morgan fingerprint density at radius 3 is 2.39 bits per heavy atom. The summed E-state index contributed by atoms with van der Waals surface area (Å²) in [6, 6.07) is 24.1. The average Bonchev–Trinajstić information content (AvgIpc) is 3.24. The smallest absolute Gasteiger partial charge is 0.238 e. The number of hydrogen-bond acceptors (Lipinski definition) is 4. The Morgan fingerprint density at radius 2 is 1.65 bits per heavy atom. The molecule has 1 unspecified atom stereocenters. The molecule has 0 radical (unpaired) electrons. The van der Waals surface area contributed by atoms with Gasteiger partial charge >= 0.3 is 0 Å². The van der Waals surface area contributed by atoms with E-state index in [1.807, 2.05) is 24.3 Å². The van der Waals surface area contributed by atoms with E-state index < -0.39 is 0 Å². The van der Waals surface area contributed by atoms with E-state index in [1.165, 1.54) is 11.1 Å². The summed E-state index contributed by atoms with van der Waals surface area (Å²) in [6.07, 6.45) is 2.95. The summed E-state index contributed by atoms with van der Waals surface area (Å²) in [6.45, 7) is 0.335. The molecule has 1 aliphatic heterocycles. The minimum absolute atomic E-state index is 0.0860. The molecule has 1 aliphatic rings. The van der Waals surface area contributed by atoms with E-state index in [9.17, 15) is 4.79 Å². The van der Waals surface area contributed by atoms with Gasteiger partial charge in [-0.15, -0.1) is 0 Å². The number of carbonyl (C=O) groups is 1. The van der Waals surface area contributed by atoms with Crippen LogP contribution < -0.4 is 20.1 Å². The van der Waals surface area contributed by atoms with Crippen LogP contribution >= 0.6 is 11.6 Å². The van der Waals surface area contributed by atoms with Crippen LogP contribution in [0.15, 0.2) is 72.8 Å². The van der Waals surface area contributed by atoms with Gasteiger partial charge in [0.15, 0.2) is 11.5 Å². The normalized spacial score (nSPS) is 13.1. The minimum atomic E-state index is -0.162. The molecule has 0 fully saturated rings. The minimum Gasteiger partial charge on any atom is -0.454 e. The summed E-state index contributed by atoms with van der Waals surface area (Å²) in [5, 5.41) is 6.68. The summed E-state index contributed by atoms with van der Waals surface area (Å²) in [4.78, 5) is 12.6. The molecule has 0 aromatic heterocycles. The average molecular weight is 437 g/mol. The Hall–Kier alpha value is -3.02. The number of anilines is 1. The van der Waals surface area contributed by atoms with Crippen LogP contribution in [0.2, 0.25) is 5.02 Å². The number of nitrogens with one attached hydrogen (secondary N) is 2. The Bertz CT molecular complexity index is 1010. The molecule has 31 heavy (non-hydrogen) atoms. The van der Waals surface area contributed by atoms with E-state index in [-0.39, 0.29) is 25.3 Å². The van der Waals surface area contributed by atoms with Crippen molar-refractivity contribution in [2.24, 2.45) is 0 Å². The van der Waals surface area contributed by atoms with Crippen molar-refractivity contribution < 1.29 is 14.3 Å². The summed E-state index contributed by atoms with van der Waals surface area (Å²) < 4.78 is 10.7. The van der Waals surface area contributed by atoms with Gasteiger partial charge in [0, 0.05) is 18.2 Å². The molecule has 6 heteroatoms. The number of carbonyl (C=O) groups excluding carboxylic acids is 1. The number of fused-ring (bicyclic) bond motifs is 1. The third-order valence-corrected chi connectivity index (χ3v) is 5.56. The first-order valence-electron chi connectivity index (χ1n) is 10.4. The molecule has 0 aliphatic carbocycles. The lowest BCUT2D eigenvalue weighted by atomic mass is 9.99. The van der Waals surface area contributed by atoms with Crippen molar-refractivity contribution >= 4 is 23.2 Å². The van der Waals surface area contributed by atoms with E-state index in [2.05, 4.69) is 47.0 Å². The third-order valence-electron chi connectivity index (χ3n) is 5.25. The first-order valence-corrected chi connectivity index (χ1v) is 10.8. The maximum atomic E-state index is 12.6. The molecule has 0 bridgehead atoms. The zero-order valence-corrected chi connectivity index (χ0v) is 17.9. The van der Waals surface area contributed by atoms with Gasteiger partial charge in [0.25, 0.3) is 0 Å². The van der Waals surface area contributed by atoms with Crippen molar-refractivity contribution in [1.82, 2.24) is 5.32 Å². The fourth-order valence-electron chi connectivity index (χ4n) is 3.65. The van der Waals surface area contributed by atoms with E-state index in [1.54, 1.807) is 12.1 Å². The number of aryl methyl sites for hydroxylation is 1. The molecule has 1 heterocycles. The molecule has 1 amide bonds. The highest BCUT2D eigenvalue weighted by molar-refractivity contribution is 6.34. The quantitative estimate of drug-likeness (QED) is 0.474. The summed E-state index contributed by atoms with van der Waals surface area (Å²) >= 11 is 6.27. The lowest BCUT2D eigenvalue weighted by molar-refractivity contribution is -0.115. The molecule has 5 nitrogen and oxygen atoms in total. The predicted octanol–water partition coefficient (Wildman–Crippen LogP) is 5.36. The molecule has 1 atom stereocenters. The van der Waals surface area contributed by atoms with Crippen LogP contribution in [0, 0.1) is 0 Å². The van der Waals surface area contributed by atoms with Crippen LogP contribution in [0.1, 0.15) is 30.0 Å². The predicted molar refractivity (Wildman–Crippen MR) is 123 cm³/mol. The second-order valence-electron chi connectivity index (χ2n) is 7.46. The molecule has 0 saturated carbocycles. The highest BCUT2D eigenvalue weighted by Crippen LogP contribution is 2.39. The number of halogens is 1. The fourth-order valence-corrected chi connectivity index (χ4v) is 3.85. The molecular weight excluding hydrogens is 412 g/mol. The maximum Gasteiger partial charge on any atom is 0.238 e. The van der Waals surface area contributed by atoms with Gasteiger partial charge in [-0.2, -0.15) is 0 Å². The van der Waals surface area contributed by atoms with Gasteiger partial charge in [0.05, 0.1) is 17.3 Å². The molecule has 2 N–H and O–H groups in total. The molecule has 0 saturated heterocycles. The summed E-state index contributed by atoms with van der Waals surface area (Å²) in [7, 11) is 0. The topological polar surface area (TPSA) is 59.6 Å². The number of amides is 1. The second-order valence-corrected chi connectivity index (χ2v) is 7.86. The van der Waals surface area contributed by atoms with Crippen molar-refractivity contribution in [2.45, 2.75) is 25.3 Å². The summed E-state index contributed by atoms with van der Waals surface area (Å²) in [5.74, 6) is 1.00. The zero-order chi connectivity index (χ0) is 21.5. The van der Waals surface area contributed by atoms with Gasteiger partial charge in [0.2, 0.25) is 12.7 Å². The van der Waals surface area contributed by atoms with Crippen LogP contribution in [-0.4, -0.2) is 19.2 Å². The number of hydrogen-bond donors (Lipinski definition) is 2. The van der Waals surface area contributed by atoms with Crippen LogP contribution in [0.3, 0.4) is 0 Å². The third kappa shape index (κ3) is 5.78. The zero-order valence-electron chi connectivity index (χ0n) is 17.1. The molecule has 3 aromatic carbocycles.